The Morgan fingerprint density at radius 1 is 1.13 bits per heavy atom. The highest BCUT2D eigenvalue weighted by molar-refractivity contribution is 7.92. The molecule has 1 fully saturated rings. The summed E-state index contributed by atoms with van der Waals surface area (Å²) in [4.78, 5) is 14.5. The van der Waals surface area contributed by atoms with Crippen LogP contribution in [0.15, 0.2) is 36.4 Å². The predicted molar refractivity (Wildman–Crippen MR) is 127 cm³/mol. The fraction of sp³-hybridized carbons (Fsp3) is 0.542. The van der Waals surface area contributed by atoms with Crippen LogP contribution in [0.2, 0.25) is 0 Å². The summed E-state index contributed by atoms with van der Waals surface area (Å²) in [5.41, 5.74) is 1.70. The molecule has 1 aromatic carbocycles. The zero-order chi connectivity index (χ0) is 22.7. The van der Waals surface area contributed by atoms with Gasteiger partial charge in [-0.05, 0) is 63.4 Å². The lowest BCUT2D eigenvalue weighted by Gasteiger charge is -2.31. The average molecular weight is 464 g/mol. The molecule has 1 aliphatic heterocycles. The topological polar surface area (TPSA) is 72.5 Å². The number of nitrogens with one attached hydrogen (secondary N) is 1. The highest BCUT2D eigenvalue weighted by Crippen LogP contribution is 2.45. The van der Waals surface area contributed by atoms with E-state index in [0.29, 0.717) is 19.5 Å². The molecule has 2 heterocycles. The Balaban J connectivity index is 1.99. The molecule has 2 aromatic rings. The van der Waals surface area contributed by atoms with Crippen LogP contribution < -0.4 is 5.32 Å². The minimum Gasteiger partial charge on any atom is -0.460 e. The first-order valence-corrected chi connectivity index (χ1v) is 13.4. The van der Waals surface area contributed by atoms with Crippen LogP contribution in [-0.2, 0) is 30.5 Å². The van der Waals surface area contributed by atoms with Crippen LogP contribution in [-0.4, -0.2) is 38.8 Å². The highest BCUT2D eigenvalue weighted by atomic mass is 32.2. The number of ether oxygens (including phenoxy) is 1. The molecule has 3 rings (SSSR count). The minimum absolute atomic E-state index is 0.00868. The molecular weight excluding hydrogens is 430 g/mol. The molecule has 0 aliphatic carbocycles. The molecule has 0 spiro atoms. The lowest BCUT2D eigenvalue weighted by atomic mass is 9.97. The summed E-state index contributed by atoms with van der Waals surface area (Å²) in [6.45, 7) is 8.49. The van der Waals surface area contributed by atoms with Crippen molar-refractivity contribution >= 4 is 27.1 Å². The van der Waals surface area contributed by atoms with Gasteiger partial charge < -0.3 is 10.1 Å². The van der Waals surface area contributed by atoms with Crippen LogP contribution in [0.25, 0.3) is 10.4 Å². The normalized spacial score (nSPS) is 21.4. The van der Waals surface area contributed by atoms with E-state index in [1.165, 1.54) is 16.9 Å². The van der Waals surface area contributed by atoms with E-state index in [-0.39, 0.29) is 12.2 Å². The molecule has 31 heavy (non-hydrogen) atoms. The van der Waals surface area contributed by atoms with Gasteiger partial charge in [0.15, 0.2) is 9.84 Å². The van der Waals surface area contributed by atoms with Crippen molar-refractivity contribution < 1.29 is 17.9 Å². The maximum atomic E-state index is 13.4. The summed E-state index contributed by atoms with van der Waals surface area (Å²) in [7, 11) is -3.56. The SMILES string of the molecule is CCCc1ccc(-c2ccc(C3(CC(=O)OC(C)(C)C)CCNCCS3(=O)=O)s2)cc1. The summed E-state index contributed by atoms with van der Waals surface area (Å²) in [5.74, 6) is -0.466. The van der Waals surface area contributed by atoms with Crippen molar-refractivity contribution in [2.75, 3.05) is 18.8 Å². The molecule has 0 saturated carbocycles. The quantitative estimate of drug-likeness (QED) is 0.629. The number of aryl methyl sites for hydroxylation is 1. The summed E-state index contributed by atoms with van der Waals surface area (Å²) >= 11 is 1.47. The highest BCUT2D eigenvalue weighted by Gasteiger charge is 2.49. The Morgan fingerprint density at radius 3 is 2.48 bits per heavy atom. The lowest BCUT2D eigenvalue weighted by molar-refractivity contribution is -0.155. The van der Waals surface area contributed by atoms with Gasteiger partial charge in [0.05, 0.1) is 12.2 Å². The van der Waals surface area contributed by atoms with Gasteiger partial charge in [-0.15, -0.1) is 11.3 Å². The summed E-state index contributed by atoms with van der Waals surface area (Å²) < 4.78 is 31.2. The molecule has 1 N–H and O–H groups in total. The number of rotatable bonds is 6. The Morgan fingerprint density at radius 2 is 1.84 bits per heavy atom. The third-order valence-electron chi connectivity index (χ3n) is 5.53. The number of thiophene rings is 1. The Hall–Kier alpha value is -1.70. The van der Waals surface area contributed by atoms with E-state index in [1.807, 2.05) is 12.1 Å². The van der Waals surface area contributed by atoms with Crippen molar-refractivity contribution in [1.82, 2.24) is 5.32 Å². The third-order valence-corrected chi connectivity index (χ3v) is 9.50. The van der Waals surface area contributed by atoms with Gasteiger partial charge in [0.1, 0.15) is 10.3 Å². The number of esters is 1. The Kier molecular flexibility index (Phi) is 7.28. The van der Waals surface area contributed by atoms with Gasteiger partial charge in [0, 0.05) is 16.3 Å². The van der Waals surface area contributed by atoms with Gasteiger partial charge in [0.2, 0.25) is 0 Å². The molecule has 1 unspecified atom stereocenters. The largest absolute Gasteiger partial charge is 0.460 e. The van der Waals surface area contributed by atoms with Crippen LogP contribution in [0.4, 0.5) is 0 Å². The zero-order valence-corrected chi connectivity index (χ0v) is 20.5. The molecule has 0 bridgehead atoms. The summed E-state index contributed by atoms with van der Waals surface area (Å²) in [5, 5.41) is 3.18. The molecule has 0 radical (unpaired) electrons. The predicted octanol–water partition coefficient (Wildman–Crippen LogP) is 4.70. The molecule has 7 heteroatoms. The Bertz CT molecular complexity index is 1000. The third kappa shape index (κ3) is 5.57. The van der Waals surface area contributed by atoms with E-state index in [9.17, 15) is 13.2 Å². The molecule has 1 aliphatic rings. The molecule has 1 atom stereocenters. The average Bonchev–Trinajstić information content (AvgIpc) is 3.11. The van der Waals surface area contributed by atoms with E-state index in [0.717, 1.165) is 28.2 Å². The van der Waals surface area contributed by atoms with Gasteiger partial charge in [-0.25, -0.2) is 8.42 Å². The van der Waals surface area contributed by atoms with E-state index in [4.69, 9.17) is 4.74 Å². The summed E-state index contributed by atoms with van der Waals surface area (Å²) in [6, 6.07) is 12.3. The molecule has 1 saturated heterocycles. The fourth-order valence-electron chi connectivity index (χ4n) is 4.01. The van der Waals surface area contributed by atoms with Gasteiger partial charge >= 0.3 is 5.97 Å². The molecule has 170 valence electrons. The van der Waals surface area contributed by atoms with Crippen molar-refractivity contribution in [3.63, 3.8) is 0 Å². The second kappa shape index (κ2) is 9.43. The number of hydrogen-bond acceptors (Lipinski definition) is 6. The van der Waals surface area contributed by atoms with Crippen molar-refractivity contribution in [3.8, 4) is 10.4 Å². The first kappa shape index (κ1) is 24.0. The van der Waals surface area contributed by atoms with Crippen LogP contribution in [0, 0.1) is 0 Å². The van der Waals surface area contributed by atoms with E-state index < -0.39 is 26.2 Å². The van der Waals surface area contributed by atoms with Crippen molar-refractivity contribution in [1.29, 1.82) is 0 Å². The van der Waals surface area contributed by atoms with Crippen molar-refractivity contribution in [2.45, 2.75) is 63.7 Å². The summed E-state index contributed by atoms with van der Waals surface area (Å²) in [6.07, 6.45) is 2.33. The second-order valence-corrected chi connectivity index (χ2v) is 12.7. The lowest BCUT2D eigenvalue weighted by Crippen LogP contribution is -2.40. The van der Waals surface area contributed by atoms with Crippen molar-refractivity contribution in [3.05, 3.63) is 46.8 Å². The van der Waals surface area contributed by atoms with Crippen LogP contribution in [0.1, 0.15) is 57.4 Å². The maximum Gasteiger partial charge on any atom is 0.308 e. The minimum atomic E-state index is -3.56. The number of benzene rings is 1. The van der Waals surface area contributed by atoms with Gasteiger partial charge in [0.25, 0.3) is 0 Å². The maximum absolute atomic E-state index is 13.4. The van der Waals surface area contributed by atoms with E-state index in [2.05, 4.69) is 36.5 Å². The molecule has 0 amide bonds. The van der Waals surface area contributed by atoms with Crippen LogP contribution in [0.5, 0.6) is 0 Å². The van der Waals surface area contributed by atoms with Gasteiger partial charge in [-0.3, -0.25) is 4.79 Å². The number of sulfone groups is 1. The number of hydrogen-bond donors (Lipinski definition) is 1. The van der Waals surface area contributed by atoms with Crippen LogP contribution in [0.3, 0.4) is 0 Å². The van der Waals surface area contributed by atoms with Crippen LogP contribution >= 0.6 is 11.3 Å². The van der Waals surface area contributed by atoms with Crippen molar-refractivity contribution in [2.24, 2.45) is 0 Å². The number of carbonyl (C=O) groups excluding carboxylic acids is 1. The second-order valence-electron chi connectivity index (χ2n) is 9.19. The van der Waals surface area contributed by atoms with E-state index >= 15 is 0 Å². The van der Waals surface area contributed by atoms with E-state index in [1.54, 1.807) is 20.8 Å². The fourth-order valence-corrected chi connectivity index (χ4v) is 7.57. The monoisotopic (exact) mass is 463 g/mol. The smallest absolute Gasteiger partial charge is 0.308 e. The van der Waals surface area contributed by atoms with Gasteiger partial charge in [-0.1, -0.05) is 37.6 Å². The molecule has 1 aromatic heterocycles. The van der Waals surface area contributed by atoms with Gasteiger partial charge in [-0.2, -0.15) is 0 Å². The Labute approximate surface area is 190 Å². The standard InChI is InChI=1S/C24H33NO4S2/c1-5-6-18-7-9-19(10-8-18)20-11-12-21(30-20)24(17-22(26)29-23(2,3)4)13-14-25-15-16-31(24,27)28/h7-12,25H,5-6,13-17H2,1-4H3. The first-order chi connectivity index (χ1) is 14.6. The first-order valence-electron chi connectivity index (χ1n) is 10.9. The number of carbonyl (C=O) groups is 1. The molecule has 5 nitrogen and oxygen atoms in total. The zero-order valence-electron chi connectivity index (χ0n) is 18.9. The molecular formula is C24H33NO4S2.